The maximum absolute atomic E-state index is 12.2. The Labute approximate surface area is 113 Å². The van der Waals surface area contributed by atoms with Crippen molar-refractivity contribution in [3.8, 4) is 6.07 Å². The average molecular weight is 267 g/mol. The fourth-order valence-corrected chi connectivity index (χ4v) is 2.43. The monoisotopic (exact) mass is 267 g/mol. The SMILES string of the molecule is N#CC1(C(=O)NCCN2CCOCC2)CCOCC1. The highest BCUT2D eigenvalue weighted by Gasteiger charge is 2.40. The van der Waals surface area contributed by atoms with Crippen LogP contribution in [0.2, 0.25) is 0 Å². The lowest BCUT2D eigenvalue weighted by atomic mass is 9.81. The Morgan fingerprint density at radius 2 is 1.84 bits per heavy atom. The van der Waals surface area contributed by atoms with Gasteiger partial charge in [0.05, 0.1) is 19.3 Å². The van der Waals surface area contributed by atoms with Gasteiger partial charge in [0.15, 0.2) is 0 Å². The molecular weight excluding hydrogens is 246 g/mol. The third-order valence-corrected chi connectivity index (χ3v) is 3.81. The third-order valence-electron chi connectivity index (χ3n) is 3.81. The molecule has 2 heterocycles. The van der Waals surface area contributed by atoms with Crippen LogP contribution in [-0.2, 0) is 14.3 Å². The van der Waals surface area contributed by atoms with Crippen LogP contribution in [-0.4, -0.2) is 63.4 Å². The van der Waals surface area contributed by atoms with Crippen molar-refractivity contribution < 1.29 is 14.3 Å². The molecule has 19 heavy (non-hydrogen) atoms. The van der Waals surface area contributed by atoms with Gasteiger partial charge >= 0.3 is 0 Å². The van der Waals surface area contributed by atoms with Gasteiger partial charge in [-0.25, -0.2) is 0 Å². The summed E-state index contributed by atoms with van der Waals surface area (Å²) in [5.41, 5.74) is -0.886. The van der Waals surface area contributed by atoms with Gasteiger partial charge in [-0.3, -0.25) is 9.69 Å². The van der Waals surface area contributed by atoms with Gasteiger partial charge in [0, 0.05) is 39.4 Å². The van der Waals surface area contributed by atoms with E-state index in [4.69, 9.17) is 9.47 Å². The van der Waals surface area contributed by atoms with Gasteiger partial charge in [-0.2, -0.15) is 5.26 Å². The highest BCUT2D eigenvalue weighted by Crippen LogP contribution is 2.29. The van der Waals surface area contributed by atoms with E-state index in [0.29, 0.717) is 32.6 Å². The first-order valence-electron chi connectivity index (χ1n) is 6.84. The summed E-state index contributed by atoms with van der Waals surface area (Å²) in [5.74, 6) is -0.147. The summed E-state index contributed by atoms with van der Waals surface area (Å²) in [6, 6.07) is 2.18. The summed E-state index contributed by atoms with van der Waals surface area (Å²) in [6.45, 7) is 5.71. The lowest BCUT2D eigenvalue weighted by Gasteiger charge is -2.30. The van der Waals surface area contributed by atoms with Crippen LogP contribution in [0.5, 0.6) is 0 Å². The van der Waals surface area contributed by atoms with Crippen LogP contribution in [0.25, 0.3) is 0 Å². The minimum atomic E-state index is -0.886. The number of rotatable bonds is 4. The zero-order chi connectivity index (χ0) is 13.6. The highest BCUT2D eigenvalue weighted by atomic mass is 16.5. The molecule has 2 fully saturated rings. The van der Waals surface area contributed by atoms with E-state index >= 15 is 0 Å². The first-order valence-corrected chi connectivity index (χ1v) is 6.84. The molecule has 0 unspecified atom stereocenters. The molecule has 0 atom stereocenters. The molecule has 2 rings (SSSR count). The van der Waals surface area contributed by atoms with E-state index in [1.165, 1.54) is 0 Å². The van der Waals surface area contributed by atoms with Crippen molar-refractivity contribution in [2.75, 3.05) is 52.6 Å². The second-order valence-corrected chi connectivity index (χ2v) is 5.02. The number of hydrogen-bond acceptors (Lipinski definition) is 5. The molecule has 106 valence electrons. The Morgan fingerprint density at radius 3 is 2.47 bits per heavy atom. The van der Waals surface area contributed by atoms with Crippen molar-refractivity contribution in [3.63, 3.8) is 0 Å². The van der Waals surface area contributed by atoms with E-state index < -0.39 is 5.41 Å². The Balaban J connectivity index is 1.75. The zero-order valence-corrected chi connectivity index (χ0v) is 11.2. The molecule has 0 aliphatic carbocycles. The standard InChI is InChI=1S/C13H21N3O3/c14-11-13(1-7-18-8-2-13)12(17)15-3-4-16-5-9-19-10-6-16/h1-10H2,(H,15,17). The molecule has 1 amide bonds. The normalized spacial score (nSPS) is 23.5. The molecule has 6 heteroatoms. The van der Waals surface area contributed by atoms with Crippen molar-refractivity contribution in [2.45, 2.75) is 12.8 Å². The third kappa shape index (κ3) is 3.66. The van der Waals surface area contributed by atoms with Crippen molar-refractivity contribution in [2.24, 2.45) is 5.41 Å². The highest BCUT2D eigenvalue weighted by molar-refractivity contribution is 5.85. The van der Waals surface area contributed by atoms with E-state index in [-0.39, 0.29) is 5.91 Å². The molecule has 1 N–H and O–H groups in total. The predicted octanol–water partition coefficient (Wildman–Crippen LogP) is -0.245. The number of ether oxygens (including phenoxy) is 2. The Morgan fingerprint density at radius 1 is 1.21 bits per heavy atom. The lowest BCUT2D eigenvalue weighted by Crippen LogP contribution is -2.47. The zero-order valence-electron chi connectivity index (χ0n) is 11.2. The molecule has 0 aromatic heterocycles. The van der Waals surface area contributed by atoms with Crippen LogP contribution in [0.3, 0.4) is 0 Å². The lowest BCUT2D eigenvalue weighted by molar-refractivity contribution is -0.132. The van der Waals surface area contributed by atoms with Gasteiger partial charge in [0.1, 0.15) is 5.41 Å². The number of carbonyl (C=O) groups excluding carboxylic acids is 1. The van der Waals surface area contributed by atoms with Crippen LogP contribution in [0, 0.1) is 16.7 Å². The van der Waals surface area contributed by atoms with Crippen LogP contribution in [0.4, 0.5) is 0 Å². The molecule has 2 aliphatic rings. The summed E-state index contributed by atoms with van der Waals surface area (Å²) in [4.78, 5) is 14.4. The Bertz CT molecular complexity index is 342. The van der Waals surface area contributed by atoms with Gasteiger partial charge in [-0.05, 0) is 12.8 Å². The molecule has 0 radical (unpaired) electrons. The predicted molar refractivity (Wildman–Crippen MR) is 68.4 cm³/mol. The number of nitriles is 1. The molecule has 0 aromatic carbocycles. The van der Waals surface area contributed by atoms with Crippen molar-refractivity contribution in [1.29, 1.82) is 5.26 Å². The van der Waals surface area contributed by atoms with Gasteiger partial charge in [0.2, 0.25) is 5.91 Å². The number of carbonyl (C=O) groups is 1. The quantitative estimate of drug-likeness (QED) is 0.760. The minimum absolute atomic E-state index is 0.147. The second kappa shape index (κ2) is 6.85. The summed E-state index contributed by atoms with van der Waals surface area (Å²) in [7, 11) is 0. The fraction of sp³-hybridized carbons (Fsp3) is 0.846. The number of amides is 1. The van der Waals surface area contributed by atoms with E-state index in [1.807, 2.05) is 0 Å². The van der Waals surface area contributed by atoms with Crippen LogP contribution >= 0.6 is 0 Å². The average Bonchev–Trinajstić information content (AvgIpc) is 2.49. The number of nitrogens with one attached hydrogen (secondary N) is 1. The summed E-state index contributed by atoms with van der Waals surface area (Å²) in [6.07, 6.45) is 0.986. The Kier molecular flexibility index (Phi) is 5.14. The maximum atomic E-state index is 12.2. The Hall–Kier alpha value is -1.16. The molecule has 0 spiro atoms. The van der Waals surface area contributed by atoms with Crippen LogP contribution in [0.15, 0.2) is 0 Å². The van der Waals surface area contributed by atoms with Crippen molar-refractivity contribution in [3.05, 3.63) is 0 Å². The van der Waals surface area contributed by atoms with E-state index in [1.54, 1.807) is 0 Å². The van der Waals surface area contributed by atoms with Crippen LogP contribution in [0.1, 0.15) is 12.8 Å². The number of morpholine rings is 1. The van der Waals surface area contributed by atoms with E-state index in [0.717, 1.165) is 32.8 Å². The molecule has 6 nitrogen and oxygen atoms in total. The molecular formula is C13H21N3O3. The molecule has 0 aromatic rings. The number of nitrogens with zero attached hydrogens (tertiary/aromatic N) is 2. The van der Waals surface area contributed by atoms with Crippen molar-refractivity contribution >= 4 is 5.91 Å². The van der Waals surface area contributed by atoms with Gasteiger partial charge in [0.25, 0.3) is 0 Å². The minimum Gasteiger partial charge on any atom is -0.381 e. The fourth-order valence-electron chi connectivity index (χ4n) is 2.43. The summed E-state index contributed by atoms with van der Waals surface area (Å²) >= 11 is 0. The van der Waals surface area contributed by atoms with Crippen molar-refractivity contribution in [1.82, 2.24) is 10.2 Å². The first kappa shape index (κ1) is 14.3. The number of hydrogen-bond donors (Lipinski definition) is 1. The smallest absolute Gasteiger partial charge is 0.240 e. The molecule has 0 bridgehead atoms. The molecule has 2 saturated heterocycles. The summed E-state index contributed by atoms with van der Waals surface area (Å²) < 4.78 is 10.5. The maximum Gasteiger partial charge on any atom is 0.240 e. The van der Waals surface area contributed by atoms with Gasteiger partial charge in [-0.15, -0.1) is 0 Å². The van der Waals surface area contributed by atoms with Crippen LogP contribution < -0.4 is 5.32 Å². The van der Waals surface area contributed by atoms with Gasteiger partial charge < -0.3 is 14.8 Å². The van der Waals surface area contributed by atoms with E-state index in [2.05, 4.69) is 16.3 Å². The second-order valence-electron chi connectivity index (χ2n) is 5.02. The largest absolute Gasteiger partial charge is 0.381 e. The first-order chi connectivity index (χ1) is 9.27. The molecule has 0 saturated carbocycles. The van der Waals surface area contributed by atoms with Gasteiger partial charge in [-0.1, -0.05) is 0 Å². The summed E-state index contributed by atoms with van der Waals surface area (Å²) in [5, 5.41) is 12.2. The molecule has 2 aliphatic heterocycles. The topological polar surface area (TPSA) is 74.6 Å². The van der Waals surface area contributed by atoms with E-state index in [9.17, 15) is 10.1 Å².